The molecule has 0 spiro atoms. The van der Waals surface area contributed by atoms with Crippen molar-refractivity contribution in [3.8, 4) is 5.75 Å². The average molecular weight is 262 g/mol. The normalized spacial score (nSPS) is 12.2. The molecule has 1 aromatic rings. The smallest absolute Gasteiger partial charge is 0.409 e. The average Bonchev–Trinajstić information content (AvgIpc) is 2.01. The maximum Gasteiger partial charge on any atom is 0.409 e. The third kappa shape index (κ3) is 2.70. The van der Waals surface area contributed by atoms with Crippen LogP contribution in [-0.2, 0) is 0 Å². The fourth-order valence-corrected chi connectivity index (χ4v) is 1.41. The molecule has 76 valence electrons. The second-order valence-corrected chi connectivity index (χ2v) is 4.09. The van der Waals surface area contributed by atoms with Gasteiger partial charge in [-0.25, -0.2) is 9.18 Å². The summed E-state index contributed by atoms with van der Waals surface area (Å²) in [6.45, 7) is 1.83. The van der Waals surface area contributed by atoms with E-state index in [9.17, 15) is 9.18 Å². The molecule has 14 heavy (non-hydrogen) atoms. The summed E-state index contributed by atoms with van der Waals surface area (Å²) < 4.78 is 17.5. The minimum Gasteiger partial charge on any atom is -0.410 e. The molecular weight excluding hydrogens is 253 g/mol. The van der Waals surface area contributed by atoms with Gasteiger partial charge in [0, 0.05) is 16.5 Å². The van der Waals surface area contributed by atoms with E-state index in [-0.39, 0.29) is 10.6 Å². The van der Waals surface area contributed by atoms with Crippen molar-refractivity contribution >= 4 is 22.0 Å². The summed E-state index contributed by atoms with van der Waals surface area (Å²) in [4.78, 5) is 10.5. The Morgan fingerprint density at radius 3 is 2.79 bits per heavy atom. The zero-order chi connectivity index (χ0) is 10.7. The molecule has 0 fully saturated rings. The molecule has 0 radical (unpaired) electrons. The van der Waals surface area contributed by atoms with Crippen LogP contribution in [0.3, 0.4) is 0 Å². The Bertz CT molecular complexity index is 355. The number of alkyl halides is 1. The highest BCUT2D eigenvalue weighted by Gasteiger charge is 2.11. The Hall–Kier alpha value is -1.10. The SMILES string of the molecule is CC(Br)c1ccc(F)cc1OC(N)=O. The molecule has 2 N–H and O–H groups in total. The van der Waals surface area contributed by atoms with Crippen LogP contribution in [0.25, 0.3) is 0 Å². The fourth-order valence-electron chi connectivity index (χ4n) is 1.03. The standard InChI is InChI=1S/C9H9BrFNO2/c1-5(10)7-3-2-6(11)4-8(7)14-9(12)13/h2-5H,1H3,(H2,12,13). The van der Waals surface area contributed by atoms with Crippen LogP contribution in [0.1, 0.15) is 17.3 Å². The molecule has 1 atom stereocenters. The number of halogens is 2. The highest BCUT2D eigenvalue weighted by atomic mass is 79.9. The molecule has 0 aromatic heterocycles. The van der Waals surface area contributed by atoms with Crippen LogP contribution in [0.15, 0.2) is 18.2 Å². The van der Waals surface area contributed by atoms with E-state index in [1.165, 1.54) is 12.1 Å². The van der Waals surface area contributed by atoms with E-state index in [0.29, 0.717) is 5.56 Å². The van der Waals surface area contributed by atoms with E-state index < -0.39 is 11.9 Å². The Kier molecular flexibility index (Phi) is 3.46. The van der Waals surface area contributed by atoms with Gasteiger partial charge in [-0.15, -0.1) is 0 Å². The van der Waals surface area contributed by atoms with Gasteiger partial charge in [-0.2, -0.15) is 0 Å². The molecule has 0 aliphatic rings. The number of primary amides is 1. The molecule has 1 rings (SSSR count). The van der Waals surface area contributed by atoms with Crippen LogP contribution >= 0.6 is 15.9 Å². The van der Waals surface area contributed by atoms with Gasteiger partial charge in [-0.1, -0.05) is 22.0 Å². The van der Waals surface area contributed by atoms with Gasteiger partial charge in [0.1, 0.15) is 11.6 Å². The molecule has 0 bridgehead atoms. The number of hydrogen-bond donors (Lipinski definition) is 1. The molecule has 1 unspecified atom stereocenters. The minimum absolute atomic E-state index is 0.0440. The topological polar surface area (TPSA) is 52.3 Å². The second kappa shape index (κ2) is 4.41. The maximum absolute atomic E-state index is 12.8. The molecule has 1 aromatic carbocycles. The van der Waals surface area contributed by atoms with Crippen LogP contribution in [0.5, 0.6) is 5.75 Å². The molecule has 5 heteroatoms. The molecular formula is C9H9BrFNO2. The summed E-state index contributed by atoms with van der Waals surface area (Å²) in [6.07, 6.45) is -0.954. The van der Waals surface area contributed by atoms with Gasteiger partial charge >= 0.3 is 6.09 Å². The number of amides is 1. The first-order valence-corrected chi connectivity index (χ1v) is 4.83. The summed E-state index contributed by atoms with van der Waals surface area (Å²) in [5.41, 5.74) is 5.52. The van der Waals surface area contributed by atoms with Crippen molar-refractivity contribution in [2.75, 3.05) is 0 Å². The second-order valence-electron chi connectivity index (χ2n) is 2.72. The van der Waals surface area contributed by atoms with Crippen molar-refractivity contribution in [1.29, 1.82) is 0 Å². The molecule has 1 amide bonds. The van der Waals surface area contributed by atoms with Crippen molar-refractivity contribution in [3.05, 3.63) is 29.6 Å². The summed E-state index contributed by atoms with van der Waals surface area (Å²) >= 11 is 3.29. The number of rotatable bonds is 2. The van der Waals surface area contributed by atoms with Crippen LogP contribution in [-0.4, -0.2) is 6.09 Å². The lowest BCUT2D eigenvalue weighted by Gasteiger charge is -2.10. The lowest BCUT2D eigenvalue weighted by Crippen LogP contribution is -2.17. The van der Waals surface area contributed by atoms with E-state index in [4.69, 9.17) is 5.73 Å². The number of nitrogens with two attached hydrogens (primary N) is 1. The third-order valence-electron chi connectivity index (χ3n) is 1.61. The van der Waals surface area contributed by atoms with E-state index >= 15 is 0 Å². The first-order chi connectivity index (χ1) is 6.50. The van der Waals surface area contributed by atoms with Crippen molar-refractivity contribution in [1.82, 2.24) is 0 Å². The zero-order valence-corrected chi connectivity index (χ0v) is 9.05. The molecule has 3 nitrogen and oxygen atoms in total. The first-order valence-electron chi connectivity index (χ1n) is 3.91. The number of ether oxygens (including phenoxy) is 1. The fraction of sp³-hybridized carbons (Fsp3) is 0.222. The zero-order valence-electron chi connectivity index (χ0n) is 7.46. The molecule has 0 aliphatic heterocycles. The summed E-state index contributed by atoms with van der Waals surface area (Å²) in [6, 6.07) is 3.95. The highest BCUT2D eigenvalue weighted by molar-refractivity contribution is 9.09. The summed E-state index contributed by atoms with van der Waals surface area (Å²) in [5, 5.41) is 0. The van der Waals surface area contributed by atoms with Crippen LogP contribution in [0, 0.1) is 5.82 Å². The predicted octanol–water partition coefficient (Wildman–Crippen LogP) is 2.74. The van der Waals surface area contributed by atoms with Gasteiger partial charge in [0.25, 0.3) is 0 Å². The lowest BCUT2D eigenvalue weighted by molar-refractivity contribution is 0.210. The Morgan fingerprint density at radius 1 is 1.64 bits per heavy atom. The van der Waals surface area contributed by atoms with Crippen LogP contribution in [0.4, 0.5) is 9.18 Å². The highest BCUT2D eigenvalue weighted by Crippen LogP contribution is 2.31. The van der Waals surface area contributed by atoms with E-state index in [2.05, 4.69) is 20.7 Å². The number of hydrogen-bond acceptors (Lipinski definition) is 2. The number of carbonyl (C=O) groups is 1. The lowest BCUT2D eigenvalue weighted by atomic mass is 10.1. The van der Waals surface area contributed by atoms with Gasteiger partial charge in [0.15, 0.2) is 0 Å². The minimum atomic E-state index is -0.954. The molecule has 0 heterocycles. The largest absolute Gasteiger partial charge is 0.410 e. The third-order valence-corrected chi connectivity index (χ3v) is 2.11. The van der Waals surface area contributed by atoms with Crippen molar-refractivity contribution in [2.45, 2.75) is 11.8 Å². The first kappa shape index (κ1) is 11.0. The maximum atomic E-state index is 12.8. The monoisotopic (exact) mass is 261 g/mol. The van der Waals surface area contributed by atoms with Crippen LogP contribution < -0.4 is 10.5 Å². The predicted molar refractivity (Wildman–Crippen MR) is 54.0 cm³/mol. The van der Waals surface area contributed by atoms with Gasteiger partial charge in [0.05, 0.1) is 0 Å². The number of benzene rings is 1. The van der Waals surface area contributed by atoms with E-state index in [1.54, 1.807) is 0 Å². The van der Waals surface area contributed by atoms with Crippen molar-refractivity contribution in [2.24, 2.45) is 5.73 Å². The van der Waals surface area contributed by atoms with Gasteiger partial charge < -0.3 is 10.5 Å². The summed E-state index contributed by atoms with van der Waals surface area (Å²) in [7, 11) is 0. The molecule has 0 saturated carbocycles. The van der Waals surface area contributed by atoms with Crippen molar-refractivity contribution in [3.63, 3.8) is 0 Å². The number of carbonyl (C=O) groups excluding carboxylic acids is 1. The summed E-state index contributed by atoms with van der Waals surface area (Å²) in [5.74, 6) is -0.333. The Labute approximate surface area is 89.2 Å². The Balaban J connectivity index is 3.09. The molecule has 0 saturated heterocycles. The van der Waals surface area contributed by atoms with Gasteiger partial charge in [-0.05, 0) is 13.0 Å². The molecule has 0 aliphatic carbocycles. The van der Waals surface area contributed by atoms with Gasteiger partial charge in [-0.3, -0.25) is 0 Å². The van der Waals surface area contributed by atoms with Gasteiger partial charge in [0.2, 0.25) is 0 Å². The van der Waals surface area contributed by atoms with E-state index in [0.717, 1.165) is 6.07 Å². The van der Waals surface area contributed by atoms with E-state index in [1.807, 2.05) is 6.92 Å². The quantitative estimate of drug-likeness (QED) is 0.833. The van der Waals surface area contributed by atoms with Crippen LogP contribution in [0.2, 0.25) is 0 Å². The Morgan fingerprint density at radius 2 is 2.29 bits per heavy atom. The van der Waals surface area contributed by atoms with Crippen molar-refractivity contribution < 1.29 is 13.9 Å².